The molecule has 1 fully saturated rings. The monoisotopic (exact) mass is 630 g/mol. The standard InChI is InChI=1S/C33H34N4O7S/c1-5-44-32(40)29-20(2)34-33-37(30(29)24-17-22(41-3)10-11-26(24)42-4)31(39)27(45-33)16-21-18-36(25-9-7-6-8-23(21)25)19-28(38)35-12-14-43-15-13-35/h6-11,16-18,30H,5,12-15,19H2,1-4H3/b27-16+/t30-/m1/s1. The number of hydrogen-bond donors (Lipinski definition) is 0. The molecule has 45 heavy (non-hydrogen) atoms. The largest absolute Gasteiger partial charge is 0.497 e. The molecule has 0 N–H and O–H groups in total. The minimum Gasteiger partial charge on any atom is -0.497 e. The molecule has 2 aromatic carbocycles. The minimum atomic E-state index is -0.861. The van der Waals surface area contributed by atoms with Crippen molar-refractivity contribution >= 4 is 40.2 Å². The highest BCUT2D eigenvalue weighted by molar-refractivity contribution is 7.07. The van der Waals surface area contributed by atoms with Crippen molar-refractivity contribution in [3.63, 3.8) is 0 Å². The topological polar surface area (TPSA) is 114 Å². The Bertz CT molecular complexity index is 2000. The summed E-state index contributed by atoms with van der Waals surface area (Å²) in [6, 6.07) is 12.2. The number of para-hydroxylation sites is 1. The molecule has 1 saturated heterocycles. The molecule has 4 heterocycles. The highest BCUT2D eigenvalue weighted by Crippen LogP contribution is 2.38. The molecule has 0 aliphatic carbocycles. The van der Waals surface area contributed by atoms with E-state index in [4.69, 9.17) is 18.9 Å². The lowest BCUT2D eigenvalue weighted by atomic mass is 9.94. The lowest BCUT2D eigenvalue weighted by Crippen LogP contribution is -2.42. The van der Waals surface area contributed by atoms with E-state index in [1.54, 1.807) is 39.2 Å². The van der Waals surface area contributed by atoms with Crippen LogP contribution in [0.1, 0.15) is 31.0 Å². The predicted molar refractivity (Wildman–Crippen MR) is 169 cm³/mol. The van der Waals surface area contributed by atoms with E-state index >= 15 is 0 Å². The van der Waals surface area contributed by atoms with E-state index in [2.05, 4.69) is 4.99 Å². The van der Waals surface area contributed by atoms with Gasteiger partial charge in [-0.25, -0.2) is 9.79 Å². The highest BCUT2D eigenvalue weighted by atomic mass is 32.1. The van der Waals surface area contributed by atoms with Crippen molar-refractivity contribution in [1.82, 2.24) is 14.0 Å². The van der Waals surface area contributed by atoms with E-state index in [1.165, 1.54) is 23.0 Å². The van der Waals surface area contributed by atoms with Crippen molar-refractivity contribution in [2.45, 2.75) is 26.4 Å². The average molecular weight is 631 g/mol. The first-order valence-electron chi connectivity index (χ1n) is 14.7. The van der Waals surface area contributed by atoms with Crippen LogP contribution in [0, 0.1) is 0 Å². The number of carbonyl (C=O) groups excluding carboxylic acids is 2. The first-order valence-corrected chi connectivity index (χ1v) is 15.5. The van der Waals surface area contributed by atoms with Crippen LogP contribution in [0.4, 0.5) is 0 Å². The Labute approximate surface area is 263 Å². The van der Waals surface area contributed by atoms with Crippen LogP contribution in [-0.4, -0.2) is 73.0 Å². The number of hydrogen-bond acceptors (Lipinski definition) is 9. The van der Waals surface area contributed by atoms with Gasteiger partial charge in [-0.15, -0.1) is 0 Å². The van der Waals surface area contributed by atoms with Gasteiger partial charge in [0, 0.05) is 41.3 Å². The number of esters is 1. The van der Waals surface area contributed by atoms with Crippen molar-refractivity contribution in [2.75, 3.05) is 47.1 Å². The minimum absolute atomic E-state index is 0.0131. The second kappa shape index (κ2) is 12.7. The molecule has 12 heteroatoms. The zero-order chi connectivity index (χ0) is 31.7. The van der Waals surface area contributed by atoms with Crippen LogP contribution in [0.5, 0.6) is 11.5 Å². The van der Waals surface area contributed by atoms with Crippen molar-refractivity contribution in [1.29, 1.82) is 0 Å². The fraction of sp³-hybridized carbons (Fsp3) is 0.333. The normalized spacial score (nSPS) is 16.8. The van der Waals surface area contributed by atoms with Crippen LogP contribution in [0.3, 0.4) is 0 Å². The second-order valence-corrected chi connectivity index (χ2v) is 11.6. The van der Waals surface area contributed by atoms with Crippen LogP contribution in [0.25, 0.3) is 17.0 Å². The first kappa shape index (κ1) is 30.4. The van der Waals surface area contributed by atoms with Crippen LogP contribution in [-0.2, 0) is 25.6 Å². The van der Waals surface area contributed by atoms with Gasteiger partial charge in [-0.2, -0.15) is 0 Å². The lowest BCUT2D eigenvalue weighted by Gasteiger charge is -2.27. The molecule has 234 valence electrons. The number of amides is 1. The lowest BCUT2D eigenvalue weighted by molar-refractivity contribution is -0.139. The molecule has 4 aromatic rings. The van der Waals surface area contributed by atoms with Gasteiger partial charge < -0.3 is 28.4 Å². The molecule has 2 aromatic heterocycles. The quantitative estimate of drug-likeness (QED) is 0.275. The fourth-order valence-corrected chi connectivity index (χ4v) is 6.90. The Morgan fingerprint density at radius 2 is 1.89 bits per heavy atom. The molecule has 0 saturated carbocycles. The van der Waals surface area contributed by atoms with E-state index in [0.717, 1.165) is 16.5 Å². The summed E-state index contributed by atoms with van der Waals surface area (Å²) in [7, 11) is 3.09. The van der Waals surface area contributed by atoms with Crippen molar-refractivity contribution in [3.8, 4) is 11.5 Å². The number of methoxy groups -OCH3 is 2. The number of ether oxygens (including phenoxy) is 4. The number of aromatic nitrogens is 2. The van der Waals surface area contributed by atoms with Crippen molar-refractivity contribution in [2.24, 2.45) is 4.99 Å². The Kier molecular flexibility index (Phi) is 8.59. The van der Waals surface area contributed by atoms with E-state index < -0.39 is 12.0 Å². The maximum absolute atomic E-state index is 14.3. The Hall–Kier alpha value is -4.68. The Morgan fingerprint density at radius 1 is 1.11 bits per heavy atom. The van der Waals surface area contributed by atoms with Gasteiger partial charge in [-0.1, -0.05) is 29.5 Å². The summed E-state index contributed by atoms with van der Waals surface area (Å²) in [4.78, 5) is 47.7. The van der Waals surface area contributed by atoms with E-state index in [-0.39, 0.29) is 30.2 Å². The molecule has 2 aliphatic rings. The van der Waals surface area contributed by atoms with Gasteiger partial charge in [0.05, 0.1) is 49.8 Å². The number of morpholine rings is 1. The molecule has 0 bridgehead atoms. The smallest absolute Gasteiger partial charge is 0.338 e. The van der Waals surface area contributed by atoms with E-state index in [9.17, 15) is 14.4 Å². The van der Waals surface area contributed by atoms with Crippen LogP contribution in [0.2, 0.25) is 0 Å². The van der Waals surface area contributed by atoms with Crippen molar-refractivity contribution < 1.29 is 28.5 Å². The van der Waals surface area contributed by atoms with E-state index in [0.29, 0.717) is 58.4 Å². The maximum atomic E-state index is 14.3. The summed E-state index contributed by atoms with van der Waals surface area (Å²) in [6.07, 6.45) is 3.73. The SMILES string of the molecule is CCOC(=O)C1=C(C)N=c2s/c(=C/c3cn(CC(=O)N4CCOCC4)c4ccccc34)c(=O)n2[C@@H]1c1cc(OC)ccc1OC. The summed E-state index contributed by atoms with van der Waals surface area (Å²) in [5.41, 5.74) is 2.64. The summed E-state index contributed by atoms with van der Waals surface area (Å²) in [5, 5.41) is 0.910. The number of allylic oxidation sites excluding steroid dienone is 1. The average Bonchev–Trinajstić information content (AvgIpc) is 3.56. The number of benzene rings is 2. The second-order valence-electron chi connectivity index (χ2n) is 10.6. The zero-order valence-corrected chi connectivity index (χ0v) is 26.4. The number of carbonyl (C=O) groups is 2. The molecule has 2 aliphatic heterocycles. The highest BCUT2D eigenvalue weighted by Gasteiger charge is 2.35. The molecule has 1 amide bonds. The van der Waals surface area contributed by atoms with Gasteiger partial charge in [0.25, 0.3) is 5.56 Å². The van der Waals surface area contributed by atoms with Crippen LogP contribution < -0.4 is 24.4 Å². The van der Waals surface area contributed by atoms with Gasteiger partial charge in [0.2, 0.25) is 5.91 Å². The number of rotatable bonds is 8. The Balaban J connectivity index is 1.50. The molecule has 6 rings (SSSR count). The molecular weight excluding hydrogens is 596 g/mol. The maximum Gasteiger partial charge on any atom is 0.338 e. The molecule has 0 unspecified atom stereocenters. The number of nitrogens with zero attached hydrogens (tertiary/aromatic N) is 4. The number of fused-ring (bicyclic) bond motifs is 2. The summed E-state index contributed by atoms with van der Waals surface area (Å²) < 4.78 is 25.9. The molecule has 1 atom stereocenters. The molecule has 0 spiro atoms. The number of thiazole rings is 1. The molecule has 11 nitrogen and oxygen atoms in total. The zero-order valence-electron chi connectivity index (χ0n) is 25.6. The molecule has 0 radical (unpaired) electrons. The van der Waals surface area contributed by atoms with E-state index in [1.807, 2.05) is 46.0 Å². The third kappa shape index (κ3) is 5.67. The van der Waals surface area contributed by atoms with Gasteiger partial charge in [0.1, 0.15) is 24.1 Å². The summed E-state index contributed by atoms with van der Waals surface area (Å²) >= 11 is 1.24. The Morgan fingerprint density at radius 3 is 2.62 bits per heavy atom. The van der Waals surface area contributed by atoms with Crippen LogP contribution >= 0.6 is 11.3 Å². The van der Waals surface area contributed by atoms with Crippen LogP contribution in [0.15, 0.2) is 69.7 Å². The third-order valence-electron chi connectivity index (χ3n) is 8.02. The summed E-state index contributed by atoms with van der Waals surface area (Å²) in [5.74, 6) is 0.486. The van der Waals surface area contributed by atoms with Crippen molar-refractivity contribution in [3.05, 3.63) is 90.7 Å². The molecular formula is C33H34N4O7S. The third-order valence-corrected chi connectivity index (χ3v) is 9.01. The van der Waals surface area contributed by atoms with Gasteiger partial charge >= 0.3 is 5.97 Å². The predicted octanol–water partition coefficient (Wildman–Crippen LogP) is 2.63. The summed E-state index contributed by atoms with van der Waals surface area (Å²) in [6.45, 7) is 6.01. The van der Waals surface area contributed by atoms with Gasteiger partial charge in [0.15, 0.2) is 4.80 Å². The first-order chi connectivity index (χ1) is 21.8. The van der Waals surface area contributed by atoms with Gasteiger partial charge in [-0.05, 0) is 44.2 Å². The van der Waals surface area contributed by atoms with Gasteiger partial charge in [-0.3, -0.25) is 14.2 Å². The fourth-order valence-electron chi connectivity index (χ4n) is 5.86.